The number of hydrogen-bond acceptors (Lipinski definition) is 2. The van der Waals surface area contributed by atoms with Crippen LogP contribution in [0, 0.1) is 13.8 Å². The molecule has 1 aromatic rings. The lowest BCUT2D eigenvalue weighted by Crippen LogP contribution is -2.43. The van der Waals surface area contributed by atoms with E-state index < -0.39 is 0 Å². The summed E-state index contributed by atoms with van der Waals surface area (Å²) < 4.78 is 0. The highest BCUT2D eigenvalue weighted by molar-refractivity contribution is 5.32. The first kappa shape index (κ1) is 12.6. The van der Waals surface area contributed by atoms with Gasteiger partial charge in [0.2, 0.25) is 0 Å². The molecule has 1 N–H and O–H groups in total. The zero-order valence-electron chi connectivity index (χ0n) is 11.3. The molecule has 1 heterocycles. The van der Waals surface area contributed by atoms with Gasteiger partial charge in [-0.3, -0.25) is 0 Å². The minimum absolute atomic E-state index is 0.410. The van der Waals surface area contributed by atoms with Crippen LogP contribution < -0.4 is 5.43 Å². The van der Waals surface area contributed by atoms with E-state index in [2.05, 4.69) is 49.4 Å². The Bertz CT molecular complexity index is 367. The summed E-state index contributed by atoms with van der Waals surface area (Å²) in [5.74, 6) is 0. The minimum atomic E-state index is 0.410. The molecule has 2 nitrogen and oxygen atoms in total. The molecule has 1 unspecified atom stereocenters. The molecular weight excluding hydrogens is 208 g/mol. The molecule has 0 saturated carbocycles. The standard InChI is InChI=1S/C15H24N2/c1-12-7-8-13(2)15(11-12)14(3)16-17-9-5-4-6-10-17/h7-8,11,14,16H,4-6,9-10H2,1-3H3. The quantitative estimate of drug-likeness (QED) is 0.859. The largest absolute Gasteiger partial charge is 0.248 e. The second-order valence-corrected chi connectivity index (χ2v) is 5.26. The fraction of sp³-hybridized carbons (Fsp3) is 0.600. The van der Waals surface area contributed by atoms with E-state index in [1.165, 1.54) is 49.0 Å². The number of rotatable bonds is 3. The Balaban J connectivity index is 2.02. The van der Waals surface area contributed by atoms with Gasteiger partial charge in [0.25, 0.3) is 0 Å². The molecule has 1 aliphatic rings. The molecule has 94 valence electrons. The Kier molecular flexibility index (Phi) is 4.19. The lowest BCUT2D eigenvalue weighted by Gasteiger charge is -2.31. The van der Waals surface area contributed by atoms with Gasteiger partial charge in [-0.1, -0.05) is 30.2 Å². The Labute approximate surface area is 105 Å². The minimum Gasteiger partial charge on any atom is -0.248 e. The van der Waals surface area contributed by atoms with Crippen LogP contribution in [0.15, 0.2) is 18.2 Å². The van der Waals surface area contributed by atoms with Gasteiger partial charge in [-0.25, -0.2) is 10.4 Å². The van der Waals surface area contributed by atoms with Gasteiger partial charge < -0.3 is 0 Å². The topological polar surface area (TPSA) is 15.3 Å². The number of hydrazine groups is 1. The van der Waals surface area contributed by atoms with E-state index in [1.807, 2.05) is 0 Å². The zero-order chi connectivity index (χ0) is 12.3. The number of piperidine rings is 1. The van der Waals surface area contributed by atoms with Crippen LogP contribution in [0.2, 0.25) is 0 Å². The molecule has 1 saturated heterocycles. The summed E-state index contributed by atoms with van der Waals surface area (Å²) >= 11 is 0. The van der Waals surface area contributed by atoms with E-state index >= 15 is 0 Å². The van der Waals surface area contributed by atoms with Crippen LogP contribution in [0.25, 0.3) is 0 Å². The van der Waals surface area contributed by atoms with E-state index in [0.29, 0.717) is 6.04 Å². The predicted octanol–water partition coefficient (Wildman–Crippen LogP) is 3.35. The van der Waals surface area contributed by atoms with Crippen molar-refractivity contribution in [2.45, 2.75) is 46.1 Å². The summed E-state index contributed by atoms with van der Waals surface area (Å²) in [6.07, 6.45) is 4.04. The number of aryl methyl sites for hydroxylation is 2. The molecule has 1 fully saturated rings. The molecule has 0 aliphatic carbocycles. The fourth-order valence-corrected chi connectivity index (χ4v) is 2.59. The van der Waals surface area contributed by atoms with Crippen LogP contribution in [0.1, 0.15) is 48.9 Å². The molecule has 0 amide bonds. The second-order valence-electron chi connectivity index (χ2n) is 5.26. The molecule has 1 atom stereocenters. The summed E-state index contributed by atoms with van der Waals surface area (Å²) in [5.41, 5.74) is 7.79. The molecule has 0 spiro atoms. The van der Waals surface area contributed by atoms with Crippen molar-refractivity contribution in [1.82, 2.24) is 10.4 Å². The Hall–Kier alpha value is -0.860. The van der Waals surface area contributed by atoms with Crippen LogP contribution in [0.5, 0.6) is 0 Å². The first-order valence-corrected chi connectivity index (χ1v) is 6.75. The number of nitrogens with one attached hydrogen (secondary N) is 1. The summed E-state index contributed by atoms with van der Waals surface area (Å²) in [6.45, 7) is 9.00. The maximum Gasteiger partial charge on any atom is 0.0439 e. The summed E-state index contributed by atoms with van der Waals surface area (Å²) in [7, 11) is 0. The van der Waals surface area contributed by atoms with Crippen molar-refractivity contribution in [3.63, 3.8) is 0 Å². The van der Waals surface area contributed by atoms with Gasteiger partial charge in [-0.2, -0.15) is 0 Å². The molecule has 2 heteroatoms. The molecule has 2 rings (SSSR count). The first-order valence-electron chi connectivity index (χ1n) is 6.75. The third-order valence-corrected chi connectivity index (χ3v) is 3.63. The van der Waals surface area contributed by atoms with Crippen molar-refractivity contribution in [1.29, 1.82) is 0 Å². The summed E-state index contributed by atoms with van der Waals surface area (Å²) in [6, 6.07) is 7.12. The lowest BCUT2D eigenvalue weighted by atomic mass is 10.0. The third kappa shape index (κ3) is 3.30. The van der Waals surface area contributed by atoms with Gasteiger partial charge in [-0.15, -0.1) is 0 Å². The van der Waals surface area contributed by atoms with Crippen molar-refractivity contribution in [3.05, 3.63) is 34.9 Å². The number of hydrogen-bond donors (Lipinski definition) is 1. The van der Waals surface area contributed by atoms with Gasteiger partial charge in [0, 0.05) is 19.1 Å². The second kappa shape index (κ2) is 5.65. The van der Waals surface area contributed by atoms with Gasteiger partial charge >= 0.3 is 0 Å². The predicted molar refractivity (Wildman–Crippen MR) is 72.9 cm³/mol. The highest BCUT2D eigenvalue weighted by Crippen LogP contribution is 2.20. The normalized spacial score (nSPS) is 19.2. The maximum atomic E-state index is 3.64. The Morgan fingerprint density at radius 2 is 1.82 bits per heavy atom. The molecule has 1 aromatic carbocycles. The molecule has 0 bridgehead atoms. The summed E-state index contributed by atoms with van der Waals surface area (Å²) in [5, 5.41) is 2.38. The SMILES string of the molecule is Cc1ccc(C)c(C(C)NN2CCCCC2)c1. The van der Waals surface area contributed by atoms with Crippen molar-refractivity contribution in [3.8, 4) is 0 Å². The van der Waals surface area contributed by atoms with E-state index in [-0.39, 0.29) is 0 Å². The average molecular weight is 232 g/mol. The van der Waals surface area contributed by atoms with Gasteiger partial charge in [0.1, 0.15) is 0 Å². The fourth-order valence-electron chi connectivity index (χ4n) is 2.59. The van der Waals surface area contributed by atoms with E-state index in [4.69, 9.17) is 0 Å². The molecule has 0 aromatic heterocycles. The van der Waals surface area contributed by atoms with Crippen LogP contribution in [0.4, 0.5) is 0 Å². The molecule has 1 aliphatic heterocycles. The van der Waals surface area contributed by atoms with Crippen molar-refractivity contribution in [2.75, 3.05) is 13.1 Å². The van der Waals surface area contributed by atoms with Crippen molar-refractivity contribution >= 4 is 0 Å². The van der Waals surface area contributed by atoms with E-state index in [9.17, 15) is 0 Å². The van der Waals surface area contributed by atoms with Crippen LogP contribution in [0.3, 0.4) is 0 Å². The van der Waals surface area contributed by atoms with Gasteiger partial charge in [0.05, 0.1) is 0 Å². The Morgan fingerprint density at radius 1 is 1.12 bits per heavy atom. The highest BCUT2D eigenvalue weighted by atomic mass is 15.5. The van der Waals surface area contributed by atoms with Crippen molar-refractivity contribution < 1.29 is 0 Å². The van der Waals surface area contributed by atoms with E-state index in [1.54, 1.807) is 0 Å². The maximum absolute atomic E-state index is 3.64. The molecule has 0 radical (unpaired) electrons. The van der Waals surface area contributed by atoms with Crippen LogP contribution in [-0.4, -0.2) is 18.1 Å². The van der Waals surface area contributed by atoms with Crippen molar-refractivity contribution in [2.24, 2.45) is 0 Å². The third-order valence-electron chi connectivity index (χ3n) is 3.63. The summed E-state index contributed by atoms with van der Waals surface area (Å²) in [4.78, 5) is 0. The highest BCUT2D eigenvalue weighted by Gasteiger charge is 2.14. The van der Waals surface area contributed by atoms with Crippen LogP contribution >= 0.6 is 0 Å². The number of nitrogens with zero attached hydrogens (tertiary/aromatic N) is 1. The van der Waals surface area contributed by atoms with Gasteiger partial charge in [-0.05, 0) is 44.7 Å². The monoisotopic (exact) mass is 232 g/mol. The lowest BCUT2D eigenvalue weighted by molar-refractivity contribution is 0.133. The first-order chi connectivity index (χ1) is 8.16. The van der Waals surface area contributed by atoms with Gasteiger partial charge in [0.15, 0.2) is 0 Å². The molecule has 17 heavy (non-hydrogen) atoms. The number of benzene rings is 1. The smallest absolute Gasteiger partial charge is 0.0439 e. The van der Waals surface area contributed by atoms with E-state index in [0.717, 1.165) is 0 Å². The average Bonchev–Trinajstić information content (AvgIpc) is 2.33. The van der Waals surface area contributed by atoms with Crippen LogP contribution in [-0.2, 0) is 0 Å². The Morgan fingerprint density at radius 3 is 2.53 bits per heavy atom. The zero-order valence-corrected chi connectivity index (χ0v) is 11.3. The molecular formula is C15H24N2.